The van der Waals surface area contributed by atoms with E-state index in [0.717, 1.165) is 27.8 Å². The van der Waals surface area contributed by atoms with Crippen LogP contribution >= 0.6 is 0 Å². The van der Waals surface area contributed by atoms with Crippen molar-refractivity contribution in [3.63, 3.8) is 0 Å². The largest absolute Gasteiger partial charge is 0.480 e. The SMILES string of the molecule is CC(NC(=O)[C@H](NC(=O)OCC1c2ccccc2-c2ccccc21)[C@H](C)OCc1ccccc1)C(=O)O. The lowest BCUT2D eigenvalue weighted by molar-refractivity contribution is -0.142. The van der Waals surface area contributed by atoms with Gasteiger partial charge in [-0.25, -0.2) is 4.79 Å². The molecule has 8 nitrogen and oxygen atoms in total. The van der Waals surface area contributed by atoms with Crippen LogP contribution in [-0.4, -0.2) is 47.9 Å². The lowest BCUT2D eigenvalue weighted by atomic mass is 9.98. The van der Waals surface area contributed by atoms with E-state index in [9.17, 15) is 19.5 Å². The molecule has 4 rings (SSSR count). The Bertz CT molecular complexity index is 1220. The van der Waals surface area contributed by atoms with Crippen LogP contribution in [0.1, 0.15) is 36.5 Å². The molecule has 1 aliphatic rings. The van der Waals surface area contributed by atoms with Crippen LogP contribution in [0, 0.1) is 0 Å². The molecule has 1 unspecified atom stereocenters. The molecule has 3 aromatic carbocycles. The molecule has 192 valence electrons. The van der Waals surface area contributed by atoms with Gasteiger partial charge in [-0.15, -0.1) is 0 Å². The second-order valence-corrected chi connectivity index (χ2v) is 9.02. The Kier molecular flexibility index (Phi) is 8.20. The Morgan fingerprint density at radius 3 is 2.00 bits per heavy atom. The van der Waals surface area contributed by atoms with Gasteiger partial charge in [-0.2, -0.15) is 0 Å². The van der Waals surface area contributed by atoms with Crippen LogP contribution in [-0.2, 0) is 25.7 Å². The standard InChI is InChI=1S/C29H30N2O6/c1-18(28(33)34)30-27(32)26(19(2)36-16-20-10-4-3-5-11-20)31-29(35)37-17-25-23-14-8-6-12-21(23)22-13-7-9-15-24(22)25/h3-15,18-19,25-26H,16-17H2,1-2H3,(H,30,32)(H,31,35)(H,33,34)/t18?,19-,26+/m0/s1. The van der Waals surface area contributed by atoms with Crippen molar-refractivity contribution in [2.24, 2.45) is 0 Å². The lowest BCUT2D eigenvalue weighted by Crippen LogP contribution is -2.55. The first-order valence-corrected chi connectivity index (χ1v) is 12.2. The fraction of sp³-hybridized carbons (Fsp3) is 0.276. The van der Waals surface area contributed by atoms with Gasteiger partial charge in [-0.1, -0.05) is 78.9 Å². The molecule has 3 N–H and O–H groups in total. The molecule has 0 aromatic heterocycles. The summed E-state index contributed by atoms with van der Waals surface area (Å²) in [5.74, 6) is -2.00. The number of fused-ring (bicyclic) bond motifs is 3. The fourth-order valence-corrected chi connectivity index (χ4v) is 4.43. The highest BCUT2D eigenvalue weighted by Gasteiger charge is 2.32. The molecule has 0 spiro atoms. The number of benzene rings is 3. The van der Waals surface area contributed by atoms with E-state index in [0.29, 0.717) is 0 Å². The zero-order chi connectivity index (χ0) is 26.4. The molecule has 0 saturated heterocycles. The summed E-state index contributed by atoms with van der Waals surface area (Å²) in [6.45, 7) is 3.29. The molecule has 8 heteroatoms. The Morgan fingerprint density at radius 2 is 1.41 bits per heavy atom. The fourth-order valence-electron chi connectivity index (χ4n) is 4.43. The van der Waals surface area contributed by atoms with Crippen molar-refractivity contribution >= 4 is 18.0 Å². The molecule has 2 amide bonds. The van der Waals surface area contributed by atoms with E-state index >= 15 is 0 Å². The number of amides is 2. The maximum Gasteiger partial charge on any atom is 0.407 e. The third-order valence-corrected chi connectivity index (χ3v) is 6.45. The van der Waals surface area contributed by atoms with E-state index in [1.807, 2.05) is 78.9 Å². The first-order valence-electron chi connectivity index (χ1n) is 12.2. The third-order valence-electron chi connectivity index (χ3n) is 6.45. The minimum atomic E-state index is -1.19. The molecule has 0 radical (unpaired) electrons. The number of carbonyl (C=O) groups is 3. The van der Waals surface area contributed by atoms with Crippen molar-refractivity contribution in [3.8, 4) is 11.1 Å². The van der Waals surface area contributed by atoms with Gasteiger partial charge in [0.1, 0.15) is 18.7 Å². The van der Waals surface area contributed by atoms with Crippen LogP contribution in [0.25, 0.3) is 11.1 Å². The average molecular weight is 503 g/mol. The van der Waals surface area contributed by atoms with Gasteiger partial charge < -0.3 is 25.2 Å². The van der Waals surface area contributed by atoms with Crippen molar-refractivity contribution in [2.45, 2.75) is 44.6 Å². The number of alkyl carbamates (subject to hydrolysis) is 1. The van der Waals surface area contributed by atoms with Gasteiger partial charge in [0.05, 0.1) is 12.7 Å². The van der Waals surface area contributed by atoms with Gasteiger partial charge in [0.15, 0.2) is 0 Å². The zero-order valence-corrected chi connectivity index (χ0v) is 20.7. The van der Waals surface area contributed by atoms with Crippen molar-refractivity contribution < 1.29 is 29.0 Å². The Morgan fingerprint density at radius 1 is 0.838 bits per heavy atom. The Labute approximate surface area is 215 Å². The van der Waals surface area contributed by atoms with E-state index in [4.69, 9.17) is 9.47 Å². The van der Waals surface area contributed by atoms with Crippen LogP contribution in [0.4, 0.5) is 4.79 Å². The zero-order valence-electron chi connectivity index (χ0n) is 20.7. The minimum absolute atomic E-state index is 0.0823. The molecule has 3 atom stereocenters. The minimum Gasteiger partial charge on any atom is -0.480 e. The molecular weight excluding hydrogens is 472 g/mol. The quantitative estimate of drug-likeness (QED) is 0.385. The molecule has 0 aliphatic heterocycles. The number of hydrogen-bond donors (Lipinski definition) is 3. The summed E-state index contributed by atoms with van der Waals surface area (Å²) in [4.78, 5) is 37.0. The van der Waals surface area contributed by atoms with Crippen molar-refractivity contribution in [1.82, 2.24) is 10.6 Å². The molecule has 1 aliphatic carbocycles. The van der Waals surface area contributed by atoms with E-state index in [2.05, 4.69) is 10.6 Å². The summed E-state index contributed by atoms with van der Waals surface area (Å²) in [7, 11) is 0. The van der Waals surface area contributed by atoms with E-state index in [1.165, 1.54) is 6.92 Å². The maximum absolute atomic E-state index is 12.9. The number of ether oxygens (including phenoxy) is 2. The molecule has 0 bridgehead atoms. The number of carbonyl (C=O) groups excluding carboxylic acids is 2. The Balaban J connectivity index is 1.43. The van der Waals surface area contributed by atoms with Crippen LogP contribution in [0.2, 0.25) is 0 Å². The number of aliphatic carboxylic acids is 1. The summed E-state index contributed by atoms with van der Waals surface area (Å²) in [6.07, 6.45) is -1.55. The highest BCUT2D eigenvalue weighted by Crippen LogP contribution is 2.44. The molecule has 0 fully saturated rings. The van der Waals surface area contributed by atoms with Gasteiger partial charge in [-0.05, 0) is 41.7 Å². The molecular formula is C29H30N2O6. The summed E-state index contributed by atoms with van der Waals surface area (Å²) >= 11 is 0. The Hall–Kier alpha value is -4.17. The highest BCUT2D eigenvalue weighted by molar-refractivity contribution is 5.89. The van der Waals surface area contributed by atoms with Gasteiger partial charge >= 0.3 is 12.1 Å². The lowest BCUT2D eigenvalue weighted by Gasteiger charge is -2.25. The number of carboxylic acids is 1. The first-order chi connectivity index (χ1) is 17.8. The topological polar surface area (TPSA) is 114 Å². The maximum atomic E-state index is 12.9. The predicted octanol–water partition coefficient (Wildman–Crippen LogP) is 4.09. The van der Waals surface area contributed by atoms with Gasteiger partial charge in [-0.3, -0.25) is 9.59 Å². The normalized spacial score (nSPS) is 14.5. The van der Waals surface area contributed by atoms with E-state index < -0.39 is 36.2 Å². The van der Waals surface area contributed by atoms with Crippen LogP contribution in [0.15, 0.2) is 78.9 Å². The average Bonchev–Trinajstić information content (AvgIpc) is 3.23. The molecule has 3 aromatic rings. The number of rotatable bonds is 10. The number of nitrogens with one attached hydrogen (secondary N) is 2. The summed E-state index contributed by atoms with van der Waals surface area (Å²) in [5.41, 5.74) is 5.25. The van der Waals surface area contributed by atoms with Crippen molar-refractivity contribution in [2.75, 3.05) is 6.61 Å². The summed E-state index contributed by atoms with van der Waals surface area (Å²) < 4.78 is 11.4. The molecule has 37 heavy (non-hydrogen) atoms. The van der Waals surface area contributed by atoms with E-state index in [1.54, 1.807) is 6.92 Å². The number of hydrogen-bond acceptors (Lipinski definition) is 5. The second-order valence-electron chi connectivity index (χ2n) is 9.02. The number of carboxylic acid groups (broad SMARTS) is 1. The molecule has 0 heterocycles. The monoisotopic (exact) mass is 502 g/mol. The van der Waals surface area contributed by atoms with Crippen LogP contribution in [0.3, 0.4) is 0 Å². The third kappa shape index (κ3) is 6.16. The molecule has 0 saturated carbocycles. The smallest absolute Gasteiger partial charge is 0.407 e. The van der Waals surface area contributed by atoms with Crippen molar-refractivity contribution in [3.05, 3.63) is 95.6 Å². The predicted molar refractivity (Wildman–Crippen MR) is 138 cm³/mol. The van der Waals surface area contributed by atoms with Gasteiger partial charge in [0, 0.05) is 5.92 Å². The van der Waals surface area contributed by atoms with E-state index in [-0.39, 0.29) is 19.1 Å². The van der Waals surface area contributed by atoms with Gasteiger partial charge in [0.25, 0.3) is 0 Å². The highest BCUT2D eigenvalue weighted by atomic mass is 16.5. The van der Waals surface area contributed by atoms with Crippen molar-refractivity contribution in [1.29, 1.82) is 0 Å². The summed E-state index contributed by atoms with van der Waals surface area (Å²) in [5, 5.41) is 14.2. The summed E-state index contributed by atoms with van der Waals surface area (Å²) in [6, 6.07) is 23.1. The van der Waals surface area contributed by atoms with Crippen LogP contribution < -0.4 is 10.6 Å². The first kappa shape index (κ1) is 25.9. The van der Waals surface area contributed by atoms with Crippen LogP contribution in [0.5, 0.6) is 0 Å². The second kappa shape index (κ2) is 11.7. The van der Waals surface area contributed by atoms with Gasteiger partial charge in [0.2, 0.25) is 5.91 Å².